The molecule has 5 rings (SSSR count). The van der Waals surface area contributed by atoms with Crippen molar-refractivity contribution in [3.63, 3.8) is 0 Å². The van der Waals surface area contributed by atoms with Crippen LogP contribution in [0.4, 0.5) is 5.69 Å². The van der Waals surface area contributed by atoms with Gasteiger partial charge in [-0.25, -0.2) is 0 Å². The van der Waals surface area contributed by atoms with Crippen molar-refractivity contribution in [1.29, 1.82) is 0 Å². The van der Waals surface area contributed by atoms with Gasteiger partial charge < -0.3 is 10.3 Å². The Hall–Kier alpha value is -3.90. The molecule has 0 fully saturated rings. The smallest absolute Gasteiger partial charge is 0.282 e. The van der Waals surface area contributed by atoms with Crippen LogP contribution in [0.5, 0.6) is 0 Å². The van der Waals surface area contributed by atoms with E-state index in [9.17, 15) is 4.79 Å². The molecular formula is C25H20ClN5O. The summed E-state index contributed by atoms with van der Waals surface area (Å²) in [5.41, 5.74) is 6.57. The summed E-state index contributed by atoms with van der Waals surface area (Å²) >= 11 is 6.00. The largest absolute Gasteiger partial charge is 0.381 e. The fourth-order valence-corrected chi connectivity index (χ4v) is 3.89. The van der Waals surface area contributed by atoms with Crippen molar-refractivity contribution in [2.75, 3.05) is 5.32 Å². The molecule has 0 bridgehead atoms. The summed E-state index contributed by atoms with van der Waals surface area (Å²) in [7, 11) is 0. The number of nitrogens with zero attached hydrogens (tertiary/aromatic N) is 3. The predicted octanol–water partition coefficient (Wildman–Crippen LogP) is 5.30. The molecule has 0 spiro atoms. The molecule has 2 aliphatic heterocycles. The van der Waals surface area contributed by atoms with Gasteiger partial charge in [0.1, 0.15) is 5.69 Å². The van der Waals surface area contributed by atoms with Gasteiger partial charge in [0, 0.05) is 47.1 Å². The highest BCUT2D eigenvalue weighted by Gasteiger charge is 2.22. The van der Waals surface area contributed by atoms with Gasteiger partial charge in [-0.15, -0.1) is 0 Å². The lowest BCUT2D eigenvalue weighted by atomic mass is 9.98. The van der Waals surface area contributed by atoms with Gasteiger partial charge in [-0.05, 0) is 60.5 Å². The van der Waals surface area contributed by atoms with E-state index in [0.29, 0.717) is 28.5 Å². The maximum atomic E-state index is 13.1. The fourth-order valence-electron chi connectivity index (χ4n) is 3.76. The first-order valence-electron chi connectivity index (χ1n) is 10.2. The normalized spacial score (nSPS) is 11.1. The molecule has 0 amide bonds. The summed E-state index contributed by atoms with van der Waals surface area (Å²) in [5, 5.41) is 8.73. The van der Waals surface area contributed by atoms with Gasteiger partial charge in [-0.3, -0.25) is 9.78 Å². The monoisotopic (exact) mass is 441 g/mol. The lowest BCUT2D eigenvalue weighted by Gasteiger charge is -2.12. The third kappa shape index (κ3) is 3.76. The van der Waals surface area contributed by atoms with Gasteiger partial charge in [0.05, 0.1) is 11.3 Å². The number of hydrogen-bond donors (Lipinski definition) is 2. The fraction of sp³-hybridized carbons (Fsp3) is 0.0800. The van der Waals surface area contributed by atoms with Crippen LogP contribution in [0.25, 0.3) is 28.1 Å². The van der Waals surface area contributed by atoms with Crippen LogP contribution in [0.1, 0.15) is 11.3 Å². The molecule has 2 aliphatic rings. The summed E-state index contributed by atoms with van der Waals surface area (Å²) in [6.07, 6.45) is 5.33. The number of hydrogen-bond acceptors (Lipinski definition) is 4. The van der Waals surface area contributed by atoms with Crippen molar-refractivity contribution >= 4 is 17.3 Å². The number of aromatic amines is 1. The molecule has 3 heterocycles. The molecule has 7 heteroatoms. The van der Waals surface area contributed by atoms with Crippen molar-refractivity contribution in [2.24, 2.45) is 0 Å². The van der Waals surface area contributed by atoms with Crippen LogP contribution >= 0.6 is 11.6 Å². The SMILES string of the molecule is Cc1[nH]cc2c(=O)n(-c3ccc(Cl)cc3)nc-2c1-c1cccc(NCc2cccnc2)c1. The minimum Gasteiger partial charge on any atom is -0.381 e. The zero-order valence-corrected chi connectivity index (χ0v) is 18.1. The Morgan fingerprint density at radius 1 is 1.09 bits per heavy atom. The molecule has 2 aromatic carbocycles. The van der Waals surface area contributed by atoms with Gasteiger partial charge in [0.2, 0.25) is 0 Å². The number of rotatable bonds is 5. The van der Waals surface area contributed by atoms with Crippen LogP contribution in [0.3, 0.4) is 0 Å². The van der Waals surface area contributed by atoms with E-state index in [4.69, 9.17) is 11.6 Å². The van der Waals surface area contributed by atoms with Crippen LogP contribution in [0, 0.1) is 6.92 Å². The van der Waals surface area contributed by atoms with Crippen molar-refractivity contribution in [3.8, 4) is 28.1 Å². The van der Waals surface area contributed by atoms with Crippen LogP contribution in [-0.2, 0) is 6.54 Å². The van der Waals surface area contributed by atoms with E-state index in [0.717, 1.165) is 28.1 Å². The quantitative estimate of drug-likeness (QED) is 0.388. The summed E-state index contributed by atoms with van der Waals surface area (Å²) in [5.74, 6) is 0. The van der Waals surface area contributed by atoms with E-state index >= 15 is 0 Å². The van der Waals surface area contributed by atoms with E-state index < -0.39 is 0 Å². The molecule has 1 aromatic heterocycles. The van der Waals surface area contributed by atoms with Crippen LogP contribution in [0.2, 0.25) is 5.02 Å². The van der Waals surface area contributed by atoms with Crippen molar-refractivity contribution < 1.29 is 0 Å². The van der Waals surface area contributed by atoms with Crippen LogP contribution in [0.15, 0.2) is 84.0 Å². The number of aryl methyl sites for hydroxylation is 1. The number of fused-ring (bicyclic) bond motifs is 1. The minimum atomic E-state index is -0.175. The second kappa shape index (κ2) is 8.32. The number of pyridine rings is 2. The van der Waals surface area contributed by atoms with Gasteiger partial charge in [0.15, 0.2) is 0 Å². The Balaban J connectivity index is 1.55. The van der Waals surface area contributed by atoms with E-state index in [1.807, 2.05) is 43.5 Å². The first kappa shape index (κ1) is 20.0. The van der Waals surface area contributed by atoms with Crippen LogP contribution < -0.4 is 10.9 Å². The molecule has 32 heavy (non-hydrogen) atoms. The third-order valence-electron chi connectivity index (χ3n) is 5.36. The van der Waals surface area contributed by atoms with E-state index in [1.54, 1.807) is 36.7 Å². The highest BCUT2D eigenvalue weighted by molar-refractivity contribution is 6.30. The van der Waals surface area contributed by atoms with E-state index in [-0.39, 0.29) is 5.56 Å². The molecule has 158 valence electrons. The second-order valence-corrected chi connectivity index (χ2v) is 7.98. The molecule has 0 atom stereocenters. The Kier molecular flexibility index (Phi) is 5.21. The third-order valence-corrected chi connectivity index (χ3v) is 5.62. The lowest BCUT2D eigenvalue weighted by molar-refractivity contribution is 0.858. The molecule has 0 aliphatic carbocycles. The number of benzene rings is 2. The Morgan fingerprint density at radius 2 is 1.94 bits per heavy atom. The average Bonchev–Trinajstić information content (AvgIpc) is 3.15. The summed E-state index contributed by atoms with van der Waals surface area (Å²) in [6.45, 7) is 2.65. The summed E-state index contributed by atoms with van der Waals surface area (Å²) < 4.78 is 1.42. The molecule has 2 N–H and O–H groups in total. The number of aromatic nitrogens is 4. The van der Waals surface area contributed by atoms with E-state index in [2.05, 4.69) is 26.4 Å². The zero-order valence-electron chi connectivity index (χ0n) is 17.3. The topological polar surface area (TPSA) is 75.6 Å². The number of nitrogens with one attached hydrogen (secondary N) is 2. The highest BCUT2D eigenvalue weighted by Crippen LogP contribution is 2.34. The van der Waals surface area contributed by atoms with Crippen molar-refractivity contribution in [1.82, 2.24) is 19.7 Å². The molecule has 3 aromatic rings. The average molecular weight is 442 g/mol. The van der Waals surface area contributed by atoms with Gasteiger partial charge in [-0.2, -0.15) is 9.78 Å². The first-order chi connectivity index (χ1) is 15.6. The van der Waals surface area contributed by atoms with Crippen LogP contribution in [-0.4, -0.2) is 19.7 Å². The first-order valence-corrected chi connectivity index (χ1v) is 10.6. The van der Waals surface area contributed by atoms with E-state index in [1.165, 1.54) is 4.68 Å². The highest BCUT2D eigenvalue weighted by atomic mass is 35.5. The summed E-state index contributed by atoms with van der Waals surface area (Å²) in [6, 6.07) is 19.1. The standard InChI is InChI=1S/C25H20ClN5O/c1-16-23(18-5-2-6-20(12-18)29-14-17-4-3-11-27-13-17)24-22(15-28-16)25(32)31(30-24)21-9-7-19(26)8-10-21/h2-13,15,28-29H,14H2,1H3. The number of anilines is 1. The predicted molar refractivity (Wildman–Crippen MR) is 128 cm³/mol. The maximum Gasteiger partial charge on any atom is 0.282 e. The molecule has 0 unspecified atom stereocenters. The Bertz CT molecular complexity index is 1410. The molecule has 0 saturated heterocycles. The molecule has 6 nitrogen and oxygen atoms in total. The van der Waals surface area contributed by atoms with Crippen molar-refractivity contribution in [2.45, 2.75) is 13.5 Å². The summed E-state index contributed by atoms with van der Waals surface area (Å²) in [4.78, 5) is 20.5. The second-order valence-electron chi connectivity index (χ2n) is 7.54. The van der Waals surface area contributed by atoms with Gasteiger partial charge in [-0.1, -0.05) is 29.8 Å². The van der Waals surface area contributed by atoms with Crippen molar-refractivity contribution in [3.05, 3.63) is 106 Å². The molecular weight excluding hydrogens is 422 g/mol. The molecule has 0 saturated carbocycles. The Morgan fingerprint density at radius 3 is 2.72 bits per heavy atom. The zero-order chi connectivity index (χ0) is 22.1. The van der Waals surface area contributed by atoms with Gasteiger partial charge >= 0.3 is 0 Å². The number of halogens is 1. The Labute approximate surface area is 189 Å². The minimum absolute atomic E-state index is 0.175. The number of H-pyrrole nitrogens is 1. The van der Waals surface area contributed by atoms with Gasteiger partial charge in [0.25, 0.3) is 5.56 Å². The maximum absolute atomic E-state index is 13.1. The molecule has 0 radical (unpaired) electrons. The lowest BCUT2D eigenvalue weighted by Crippen LogP contribution is -2.14.